The number of aliphatic hydroxyl groups is 1. The van der Waals surface area contributed by atoms with E-state index in [-0.39, 0.29) is 18.3 Å². The van der Waals surface area contributed by atoms with Gasteiger partial charge in [-0.2, -0.15) is 0 Å². The first-order chi connectivity index (χ1) is 10.8. The zero-order chi connectivity index (χ0) is 16.7. The van der Waals surface area contributed by atoms with Crippen LogP contribution >= 0.6 is 0 Å². The van der Waals surface area contributed by atoms with Crippen LogP contribution in [0.5, 0.6) is 5.75 Å². The Hall–Kier alpha value is -1.73. The van der Waals surface area contributed by atoms with E-state index in [2.05, 4.69) is 5.32 Å². The number of hydrogen-bond donors (Lipinski definition) is 3. The fourth-order valence-electron chi connectivity index (χ4n) is 3.53. The van der Waals surface area contributed by atoms with Gasteiger partial charge in [0.15, 0.2) is 18.2 Å². The molecule has 23 heavy (non-hydrogen) atoms. The number of nitrogens with two attached hydrogens (primary N) is 1. The van der Waals surface area contributed by atoms with Crippen molar-refractivity contribution in [1.29, 1.82) is 0 Å². The van der Waals surface area contributed by atoms with E-state index in [9.17, 15) is 18.7 Å². The van der Waals surface area contributed by atoms with E-state index in [1.165, 1.54) is 6.07 Å². The first-order valence-electron chi connectivity index (χ1n) is 7.68. The second-order valence-corrected chi connectivity index (χ2v) is 6.65. The summed E-state index contributed by atoms with van der Waals surface area (Å²) in [6.45, 7) is -0.295. The van der Waals surface area contributed by atoms with Gasteiger partial charge in [-0.1, -0.05) is 0 Å². The van der Waals surface area contributed by atoms with Gasteiger partial charge in [0.1, 0.15) is 5.75 Å². The summed E-state index contributed by atoms with van der Waals surface area (Å²) in [6, 6.07) is 3.10. The molecule has 1 atom stereocenters. The normalized spacial score (nSPS) is 32.6. The largest absolute Gasteiger partial charge is 0.484 e. The van der Waals surface area contributed by atoms with Gasteiger partial charge >= 0.3 is 0 Å². The Morgan fingerprint density at radius 3 is 2.61 bits per heavy atom. The molecule has 3 aliphatic carbocycles. The van der Waals surface area contributed by atoms with Crippen LogP contribution < -0.4 is 15.8 Å². The number of benzene rings is 1. The molecule has 3 aliphatic rings. The lowest BCUT2D eigenvalue weighted by atomic mass is 9.60. The van der Waals surface area contributed by atoms with Gasteiger partial charge in [-0.15, -0.1) is 0 Å². The third-order valence-corrected chi connectivity index (χ3v) is 5.05. The van der Waals surface area contributed by atoms with E-state index in [4.69, 9.17) is 10.5 Å². The standard InChI is InChI=1S/C16H20F2N2O3/c17-11-2-1-10(7-12(11)18)23-9-14(22)20-15-3-5-16(19,6-4-15)13(21)8-15/h1-2,7,13,21H,3-6,8-9,19H2,(H,20,22). The van der Waals surface area contributed by atoms with E-state index in [0.717, 1.165) is 25.0 Å². The number of rotatable bonds is 4. The molecule has 0 aliphatic heterocycles. The van der Waals surface area contributed by atoms with E-state index in [0.29, 0.717) is 19.3 Å². The average molecular weight is 326 g/mol. The molecule has 1 aromatic rings. The topological polar surface area (TPSA) is 84.6 Å². The van der Waals surface area contributed by atoms with Crippen LogP contribution in [0.15, 0.2) is 18.2 Å². The van der Waals surface area contributed by atoms with E-state index in [1.54, 1.807) is 0 Å². The molecule has 7 heteroatoms. The molecule has 0 radical (unpaired) electrons. The van der Waals surface area contributed by atoms with Crippen molar-refractivity contribution in [2.24, 2.45) is 5.73 Å². The Balaban J connectivity index is 1.56. The molecule has 3 saturated carbocycles. The summed E-state index contributed by atoms with van der Waals surface area (Å²) in [5.41, 5.74) is 5.15. The zero-order valence-electron chi connectivity index (χ0n) is 12.6. The number of ether oxygens (including phenoxy) is 1. The van der Waals surface area contributed by atoms with Crippen LogP contribution in [0.25, 0.3) is 0 Å². The summed E-state index contributed by atoms with van der Waals surface area (Å²) in [7, 11) is 0. The Morgan fingerprint density at radius 2 is 2.00 bits per heavy atom. The van der Waals surface area contributed by atoms with Crippen molar-refractivity contribution in [1.82, 2.24) is 5.32 Å². The second kappa shape index (κ2) is 5.72. The number of fused-ring (bicyclic) bond motifs is 3. The SMILES string of the molecule is NC12CCC(NC(=O)COc3ccc(F)c(F)c3)(CC1)CC2O. The molecule has 1 aromatic carbocycles. The number of aliphatic hydroxyl groups excluding tert-OH is 1. The number of nitrogens with one attached hydrogen (secondary N) is 1. The van der Waals surface area contributed by atoms with Crippen LogP contribution in [0.4, 0.5) is 8.78 Å². The van der Waals surface area contributed by atoms with E-state index < -0.39 is 28.8 Å². The first kappa shape index (κ1) is 16.1. The van der Waals surface area contributed by atoms with Gasteiger partial charge in [0.05, 0.1) is 6.10 Å². The average Bonchev–Trinajstić information content (AvgIpc) is 2.51. The van der Waals surface area contributed by atoms with Crippen molar-refractivity contribution in [2.75, 3.05) is 6.61 Å². The monoisotopic (exact) mass is 326 g/mol. The van der Waals surface area contributed by atoms with Crippen LogP contribution in [-0.4, -0.2) is 34.8 Å². The highest BCUT2D eigenvalue weighted by molar-refractivity contribution is 5.78. The number of carbonyl (C=O) groups excluding carboxylic acids is 1. The lowest BCUT2D eigenvalue weighted by Gasteiger charge is -2.54. The molecule has 4 N–H and O–H groups in total. The molecule has 3 fully saturated rings. The minimum atomic E-state index is -1.02. The van der Waals surface area contributed by atoms with Crippen LogP contribution in [0.3, 0.4) is 0 Å². The van der Waals surface area contributed by atoms with Gasteiger partial charge in [-0.3, -0.25) is 4.79 Å². The highest BCUT2D eigenvalue weighted by atomic mass is 19.2. The minimum absolute atomic E-state index is 0.0878. The number of carbonyl (C=O) groups is 1. The molecule has 0 aromatic heterocycles. The highest BCUT2D eigenvalue weighted by Gasteiger charge is 2.52. The van der Waals surface area contributed by atoms with Gasteiger partial charge in [0, 0.05) is 17.1 Å². The molecule has 0 spiro atoms. The van der Waals surface area contributed by atoms with Crippen molar-refractivity contribution in [2.45, 2.75) is 49.3 Å². The Morgan fingerprint density at radius 1 is 1.30 bits per heavy atom. The molecule has 1 amide bonds. The number of amides is 1. The van der Waals surface area contributed by atoms with Crippen molar-refractivity contribution in [3.63, 3.8) is 0 Å². The smallest absolute Gasteiger partial charge is 0.258 e. The molecular weight excluding hydrogens is 306 g/mol. The fraction of sp³-hybridized carbons (Fsp3) is 0.562. The predicted molar refractivity (Wildman–Crippen MR) is 78.7 cm³/mol. The summed E-state index contributed by atoms with van der Waals surface area (Å²) >= 11 is 0. The van der Waals surface area contributed by atoms with Gasteiger partial charge in [0.2, 0.25) is 0 Å². The van der Waals surface area contributed by atoms with Crippen LogP contribution in [0.2, 0.25) is 0 Å². The second-order valence-electron chi connectivity index (χ2n) is 6.65. The van der Waals surface area contributed by atoms with Crippen molar-refractivity contribution < 1.29 is 23.4 Å². The van der Waals surface area contributed by atoms with Crippen molar-refractivity contribution in [3.05, 3.63) is 29.8 Å². The van der Waals surface area contributed by atoms with Gasteiger partial charge in [-0.25, -0.2) is 8.78 Å². The maximum absolute atomic E-state index is 13.1. The van der Waals surface area contributed by atoms with Crippen molar-refractivity contribution >= 4 is 5.91 Å². The third-order valence-electron chi connectivity index (χ3n) is 5.05. The summed E-state index contributed by atoms with van der Waals surface area (Å²) in [5.74, 6) is -2.26. The number of halogens is 2. The maximum atomic E-state index is 13.1. The Bertz CT molecular complexity index is 615. The first-order valence-corrected chi connectivity index (χ1v) is 7.68. The lowest BCUT2D eigenvalue weighted by Crippen LogP contribution is -2.68. The van der Waals surface area contributed by atoms with Gasteiger partial charge < -0.3 is 20.9 Å². The Labute approximate surface area is 132 Å². The number of hydrogen-bond acceptors (Lipinski definition) is 4. The summed E-state index contributed by atoms with van der Waals surface area (Å²) in [6.07, 6.45) is 2.57. The Kier molecular flexibility index (Phi) is 4.01. The van der Waals surface area contributed by atoms with Crippen LogP contribution in [0, 0.1) is 11.6 Å². The van der Waals surface area contributed by atoms with E-state index >= 15 is 0 Å². The molecule has 5 nitrogen and oxygen atoms in total. The molecule has 0 saturated heterocycles. The summed E-state index contributed by atoms with van der Waals surface area (Å²) in [5, 5.41) is 13.0. The van der Waals surface area contributed by atoms with Gasteiger partial charge in [-0.05, 0) is 44.2 Å². The quantitative estimate of drug-likeness (QED) is 0.777. The fourth-order valence-corrected chi connectivity index (χ4v) is 3.53. The minimum Gasteiger partial charge on any atom is -0.484 e. The van der Waals surface area contributed by atoms with Gasteiger partial charge in [0.25, 0.3) is 5.91 Å². The molecule has 4 rings (SSSR count). The predicted octanol–water partition coefficient (Wildman–Crippen LogP) is 1.23. The summed E-state index contributed by atoms with van der Waals surface area (Å²) < 4.78 is 31.1. The third kappa shape index (κ3) is 3.16. The molecule has 1 unspecified atom stereocenters. The maximum Gasteiger partial charge on any atom is 0.258 e. The lowest BCUT2D eigenvalue weighted by molar-refractivity contribution is -0.128. The van der Waals surface area contributed by atoms with E-state index in [1.807, 2.05) is 0 Å². The molecule has 126 valence electrons. The van der Waals surface area contributed by atoms with Crippen LogP contribution in [0.1, 0.15) is 32.1 Å². The molecular formula is C16H20F2N2O3. The summed E-state index contributed by atoms with van der Waals surface area (Å²) in [4.78, 5) is 12.1. The van der Waals surface area contributed by atoms with Crippen molar-refractivity contribution in [3.8, 4) is 5.75 Å². The molecule has 2 bridgehead atoms. The zero-order valence-corrected chi connectivity index (χ0v) is 12.6. The molecule has 0 heterocycles. The highest BCUT2D eigenvalue weighted by Crippen LogP contribution is 2.45. The van der Waals surface area contributed by atoms with Crippen LogP contribution in [-0.2, 0) is 4.79 Å².